The molecule has 2 amide bonds. The molecule has 0 spiro atoms. The number of nitrogens with zero attached hydrogens (tertiary/aromatic N) is 1. The Morgan fingerprint density at radius 2 is 1.93 bits per heavy atom. The summed E-state index contributed by atoms with van der Waals surface area (Å²) < 4.78 is 15.1. The first-order valence-electron chi connectivity index (χ1n) is 10.1. The Hall–Kier alpha value is -1.92. The van der Waals surface area contributed by atoms with E-state index in [1.807, 2.05) is 24.3 Å². The van der Waals surface area contributed by atoms with Gasteiger partial charge in [-0.15, -0.1) is 0 Å². The summed E-state index contributed by atoms with van der Waals surface area (Å²) in [6.45, 7) is 1.95. The Morgan fingerprint density at radius 3 is 2.60 bits per heavy atom. The van der Waals surface area contributed by atoms with Gasteiger partial charge in [0.05, 0.1) is 6.42 Å². The van der Waals surface area contributed by atoms with Crippen LogP contribution in [0.25, 0.3) is 0 Å². The van der Waals surface area contributed by atoms with Crippen LogP contribution >= 0.6 is 27.5 Å². The van der Waals surface area contributed by atoms with Gasteiger partial charge in [0, 0.05) is 27.6 Å². The van der Waals surface area contributed by atoms with E-state index in [9.17, 15) is 14.0 Å². The predicted octanol–water partition coefficient (Wildman–Crippen LogP) is 5.26. The number of rotatable bonds is 7. The highest BCUT2D eigenvalue weighted by Crippen LogP contribution is 2.23. The van der Waals surface area contributed by atoms with Crippen molar-refractivity contribution >= 4 is 39.3 Å². The lowest BCUT2D eigenvalue weighted by Crippen LogP contribution is -2.50. The summed E-state index contributed by atoms with van der Waals surface area (Å²) in [6, 6.07) is 11.4. The molecule has 1 fully saturated rings. The van der Waals surface area contributed by atoms with Gasteiger partial charge in [0.2, 0.25) is 11.8 Å². The fourth-order valence-electron chi connectivity index (χ4n) is 3.76. The number of benzene rings is 2. The SMILES string of the molecule is C[C@H](C(=O)NC1CCCC1)N(Cc1cccc(Br)c1)C(=O)Cc1c(F)cccc1Cl. The van der Waals surface area contributed by atoms with E-state index in [0.717, 1.165) is 35.7 Å². The molecule has 30 heavy (non-hydrogen) atoms. The van der Waals surface area contributed by atoms with E-state index >= 15 is 0 Å². The van der Waals surface area contributed by atoms with E-state index < -0.39 is 11.9 Å². The molecule has 1 aliphatic rings. The Labute approximate surface area is 189 Å². The minimum absolute atomic E-state index is 0.145. The van der Waals surface area contributed by atoms with Crippen molar-refractivity contribution < 1.29 is 14.0 Å². The number of carbonyl (C=O) groups is 2. The molecule has 0 radical (unpaired) electrons. The molecule has 2 aromatic rings. The molecule has 0 saturated heterocycles. The summed E-state index contributed by atoms with van der Waals surface area (Å²) in [5.74, 6) is -1.07. The maximum absolute atomic E-state index is 14.2. The maximum Gasteiger partial charge on any atom is 0.242 e. The lowest BCUT2D eigenvalue weighted by atomic mass is 10.1. The molecule has 0 bridgehead atoms. The molecule has 1 saturated carbocycles. The largest absolute Gasteiger partial charge is 0.352 e. The van der Waals surface area contributed by atoms with Gasteiger partial charge < -0.3 is 10.2 Å². The van der Waals surface area contributed by atoms with Gasteiger partial charge in [-0.3, -0.25) is 9.59 Å². The summed E-state index contributed by atoms with van der Waals surface area (Å²) in [6.07, 6.45) is 3.92. The van der Waals surface area contributed by atoms with Crippen molar-refractivity contribution in [2.75, 3.05) is 0 Å². The molecule has 0 aliphatic heterocycles. The molecule has 1 N–H and O–H groups in total. The van der Waals surface area contributed by atoms with Crippen LogP contribution in [0.4, 0.5) is 4.39 Å². The lowest BCUT2D eigenvalue weighted by Gasteiger charge is -2.30. The average Bonchev–Trinajstić information content (AvgIpc) is 3.21. The molecule has 1 atom stereocenters. The third-order valence-corrected chi connectivity index (χ3v) is 6.35. The highest BCUT2D eigenvalue weighted by molar-refractivity contribution is 9.10. The van der Waals surface area contributed by atoms with E-state index in [2.05, 4.69) is 21.2 Å². The summed E-state index contributed by atoms with van der Waals surface area (Å²) >= 11 is 9.56. The van der Waals surface area contributed by atoms with Gasteiger partial charge in [-0.2, -0.15) is 0 Å². The van der Waals surface area contributed by atoms with Crippen LogP contribution in [0, 0.1) is 5.82 Å². The molecule has 0 aromatic heterocycles. The Morgan fingerprint density at radius 1 is 1.23 bits per heavy atom. The molecule has 0 heterocycles. The quantitative estimate of drug-likeness (QED) is 0.570. The van der Waals surface area contributed by atoms with E-state index in [0.29, 0.717) is 0 Å². The van der Waals surface area contributed by atoms with Crippen molar-refractivity contribution in [3.8, 4) is 0 Å². The highest BCUT2D eigenvalue weighted by atomic mass is 79.9. The van der Waals surface area contributed by atoms with Gasteiger partial charge in [-0.25, -0.2) is 4.39 Å². The first-order chi connectivity index (χ1) is 14.3. The van der Waals surface area contributed by atoms with Gasteiger partial charge in [0.25, 0.3) is 0 Å². The summed E-state index contributed by atoms with van der Waals surface area (Å²) in [4.78, 5) is 27.6. The first kappa shape index (κ1) is 22.8. The standard InChI is InChI=1S/C23H25BrClFN2O2/c1-15(23(30)27-18-8-2-3-9-18)28(14-16-6-4-7-17(24)12-16)22(29)13-19-20(25)10-5-11-21(19)26/h4-7,10-12,15,18H,2-3,8-9,13-14H2,1H3,(H,27,30)/t15-/m1/s1. The molecule has 3 rings (SSSR count). The third kappa shape index (κ3) is 5.82. The lowest BCUT2D eigenvalue weighted by molar-refractivity contribution is -0.140. The summed E-state index contributed by atoms with van der Waals surface area (Å²) in [7, 11) is 0. The number of hydrogen-bond donors (Lipinski definition) is 1. The molecule has 160 valence electrons. The molecule has 0 unspecified atom stereocenters. The van der Waals surface area contributed by atoms with E-state index in [4.69, 9.17) is 11.6 Å². The van der Waals surface area contributed by atoms with Crippen LogP contribution in [0.5, 0.6) is 0 Å². The highest BCUT2D eigenvalue weighted by Gasteiger charge is 2.29. The molecular weight excluding hydrogens is 471 g/mol. The van der Waals surface area contributed by atoms with Crippen LogP contribution < -0.4 is 5.32 Å². The van der Waals surface area contributed by atoms with Crippen molar-refractivity contribution in [2.24, 2.45) is 0 Å². The Balaban J connectivity index is 1.82. The Bertz CT molecular complexity index is 898. The molecule has 2 aromatic carbocycles. The minimum Gasteiger partial charge on any atom is -0.352 e. The number of hydrogen-bond acceptors (Lipinski definition) is 2. The van der Waals surface area contributed by atoms with Gasteiger partial charge >= 0.3 is 0 Å². The van der Waals surface area contributed by atoms with Gasteiger partial charge in [-0.1, -0.05) is 58.6 Å². The van der Waals surface area contributed by atoms with Crippen LogP contribution in [-0.2, 0) is 22.6 Å². The van der Waals surface area contributed by atoms with Crippen molar-refractivity contribution in [1.82, 2.24) is 10.2 Å². The normalized spacial score (nSPS) is 15.1. The second-order valence-electron chi connectivity index (χ2n) is 7.69. The van der Waals surface area contributed by atoms with Gasteiger partial charge in [0.1, 0.15) is 11.9 Å². The van der Waals surface area contributed by atoms with E-state index in [1.54, 1.807) is 13.0 Å². The monoisotopic (exact) mass is 494 g/mol. The maximum atomic E-state index is 14.2. The zero-order valence-corrected chi connectivity index (χ0v) is 19.2. The zero-order chi connectivity index (χ0) is 21.7. The summed E-state index contributed by atoms with van der Waals surface area (Å²) in [5, 5.41) is 3.26. The first-order valence-corrected chi connectivity index (χ1v) is 11.3. The molecular formula is C23H25BrClFN2O2. The van der Waals surface area contributed by atoms with E-state index in [-0.39, 0.29) is 41.4 Å². The number of halogens is 3. The third-order valence-electron chi connectivity index (χ3n) is 5.50. The molecule has 7 heteroatoms. The smallest absolute Gasteiger partial charge is 0.242 e. The van der Waals surface area contributed by atoms with Crippen LogP contribution in [0.3, 0.4) is 0 Å². The van der Waals surface area contributed by atoms with Crippen molar-refractivity contribution in [3.05, 3.63) is 68.9 Å². The fraction of sp³-hybridized carbons (Fsp3) is 0.391. The van der Waals surface area contributed by atoms with Crippen LogP contribution in [0.2, 0.25) is 5.02 Å². The second kappa shape index (κ2) is 10.4. The number of nitrogens with one attached hydrogen (secondary N) is 1. The van der Waals surface area contributed by atoms with Crippen molar-refractivity contribution in [3.63, 3.8) is 0 Å². The molecule has 1 aliphatic carbocycles. The van der Waals surface area contributed by atoms with Gasteiger partial charge in [-0.05, 0) is 49.6 Å². The van der Waals surface area contributed by atoms with Crippen LogP contribution in [0.15, 0.2) is 46.9 Å². The van der Waals surface area contributed by atoms with Gasteiger partial charge in [0.15, 0.2) is 0 Å². The van der Waals surface area contributed by atoms with Crippen LogP contribution in [0.1, 0.15) is 43.7 Å². The zero-order valence-electron chi connectivity index (χ0n) is 16.8. The Kier molecular flexibility index (Phi) is 7.89. The average molecular weight is 496 g/mol. The second-order valence-corrected chi connectivity index (χ2v) is 9.02. The topological polar surface area (TPSA) is 49.4 Å². The summed E-state index contributed by atoms with van der Waals surface area (Å²) in [5.41, 5.74) is 1.02. The predicted molar refractivity (Wildman–Crippen MR) is 120 cm³/mol. The van der Waals surface area contributed by atoms with Crippen LogP contribution in [-0.4, -0.2) is 28.8 Å². The van der Waals surface area contributed by atoms with Crippen molar-refractivity contribution in [1.29, 1.82) is 0 Å². The fourth-order valence-corrected chi connectivity index (χ4v) is 4.44. The minimum atomic E-state index is -0.692. The number of amides is 2. The van der Waals surface area contributed by atoms with E-state index in [1.165, 1.54) is 17.0 Å². The molecule has 4 nitrogen and oxygen atoms in total. The number of carbonyl (C=O) groups excluding carboxylic acids is 2. The van der Waals surface area contributed by atoms with Crippen molar-refractivity contribution in [2.45, 2.75) is 57.7 Å².